The molecule has 33 heavy (non-hydrogen) atoms. The van der Waals surface area contributed by atoms with Crippen molar-refractivity contribution in [3.8, 4) is 0 Å². The second kappa shape index (κ2) is 10.9. The van der Waals surface area contributed by atoms with Gasteiger partial charge in [0.25, 0.3) is 0 Å². The van der Waals surface area contributed by atoms with Gasteiger partial charge in [-0.3, -0.25) is 9.20 Å². The maximum absolute atomic E-state index is 12.9. The van der Waals surface area contributed by atoms with E-state index in [2.05, 4.69) is 20.8 Å². The smallest absolute Gasteiger partial charge is 0.408 e. The first-order chi connectivity index (χ1) is 16.2. The van der Waals surface area contributed by atoms with E-state index in [-0.39, 0.29) is 12.5 Å². The van der Waals surface area contributed by atoms with Crippen molar-refractivity contribution in [2.24, 2.45) is 0 Å². The molecule has 168 valence electrons. The molecule has 2 aromatic heterocycles. The first-order valence-corrected chi connectivity index (χ1v) is 10.8. The summed E-state index contributed by atoms with van der Waals surface area (Å²) in [5, 5.41) is 13.9. The van der Waals surface area contributed by atoms with Crippen LogP contribution in [0.5, 0.6) is 0 Å². The van der Waals surface area contributed by atoms with E-state index >= 15 is 0 Å². The third kappa shape index (κ3) is 6.16. The molecule has 1 atom stereocenters. The van der Waals surface area contributed by atoms with E-state index < -0.39 is 12.1 Å². The zero-order valence-corrected chi connectivity index (χ0v) is 18.1. The lowest BCUT2D eigenvalue weighted by atomic mass is 10.1. The highest BCUT2D eigenvalue weighted by atomic mass is 16.5. The number of fused-ring (bicyclic) bond motifs is 1. The summed E-state index contributed by atoms with van der Waals surface area (Å²) in [4.78, 5) is 25.3. The van der Waals surface area contributed by atoms with Crippen LogP contribution in [0.15, 0.2) is 85.1 Å². The summed E-state index contributed by atoms with van der Waals surface area (Å²) in [5.74, 6) is 0.463. The van der Waals surface area contributed by atoms with Crippen molar-refractivity contribution in [1.29, 1.82) is 0 Å². The van der Waals surface area contributed by atoms with Crippen molar-refractivity contribution < 1.29 is 14.3 Å². The molecule has 4 rings (SSSR count). The van der Waals surface area contributed by atoms with Crippen LogP contribution in [0.3, 0.4) is 0 Å². The van der Waals surface area contributed by atoms with Crippen molar-refractivity contribution in [3.05, 3.63) is 102 Å². The van der Waals surface area contributed by atoms with E-state index in [1.807, 2.05) is 89.5 Å². The van der Waals surface area contributed by atoms with Crippen LogP contribution in [0.4, 0.5) is 4.79 Å². The Bertz CT molecular complexity index is 1190. The van der Waals surface area contributed by atoms with E-state index in [0.717, 1.165) is 22.6 Å². The summed E-state index contributed by atoms with van der Waals surface area (Å²) < 4.78 is 7.19. The number of benzene rings is 2. The average molecular weight is 444 g/mol. The zero-order valence-electron chi connectivity index (χ0n) is 18.1. The Morgan fingerprint density at radius 1 is 0.879 bits per heavy atom. The lowest BCUT2D eigenvalue weighted by Gasteiger charge is -2.18. The molecule has 0 radical (unpaired) electrons. The normalized spacial score (nSPS) is 11.6. The van der Waals surface area contributed by atoms with E-state index in [9.17, 15) is 9.59 Å². The van der Waals surface area contributed by atoms with Gasteiger partial charge in [-0.1, -0.05) is 66.7 Å². The number of hydrogen-bond acceptors (Lipinski definition) is 5. The summed E-state index contributed by atoms with van der Waals surface area (Å²) in [6.45, 7) is 0.493. The van der Waals surface area contributed by atoms with Gasteiger partial charge in [0, 0.05) is 25.6 Å². The Hall–Kier alpha value is -4.20. The Balaban J connectivity index is 1.35. The number of amides is 2. The van der Waals surface area contributed by atoms with Crippen molar-refractivity contribution in [2.45, 2.75) is 25.5 Å². The van der Waals surface area contributed by atoms with Gasteiger partial charge in [-0.2, -0.15) is 0 Å². The third-order valence-corrected chi connectivity index (χ3v) is 5.14. The molecule has 8 nitrogen and oxygen atoms in total. The van der Waals surface area contributed by atoms with Crippen LogP contribution in [0, 0.1) is 0 Å². The standard InChI is InChI=1S/C25H25N5O3/c31-24(26-15-14-23-29-28-22-13-7-8-16-30(22)23)21(17-19-9-3-1-4-10-19)27-25(32)33-18-20-11-5-2-6-12-20/h1-13,16,21H,14-15,17-18H2,(H,26,31)(H,27,32). The molecular weight excluding hydrogens is 418 g/mol. The van der Waals surface area contributed by atoms with Crippen LogP contribution >= 0.6 is 0 Å². The summed E-state index contributed by atoms with van der Waals surface area (Å²) >= 11 is 0. The molecule has 0 bridgehead atoms. The number of nitrogens with one attached hydrogen (secondary N) is 2. The monoisotopic (exact) mass is 443 g/mol. The molecule has 2 heterocycles. The molecule has 0 aliphatic carbocycles. The number of hydrogen-bond donors (Lipinski definition) is 2. The van der Waals surface area contributed by atoms with Crippen LogP contribution < -0.4 is 10.6 Å². The number of alkyl carbamates (subject to hydrolysis) is 1. The average Bonchev–Trinajstić information content (AvgIpc) is 3.27. The minimum atomic E-state index is -0.772. The fourth-order valence-electron chi connectivity index (χ4n) is 3.45. The highest BCUT2D eigenvalue weighted by Gasteiger charge is 2.22. The maximum atomic E-state index is 12.9. The minimum absolute atomic E-state index is 0.131. The molecule has 0 saturated heterocycles. The summed E-state index contributed by atoms with van der Waals surface area (Å²) in [6, 6.07) is 23.8. The van der Waals surface area contributed by atoms with Gasteiger partial charge in [-0.25, -0.2) is 4.79 Å². The van der Waals surface area contributed by atoms with Gasteiger partial charge in [-0.05, 0) is 23.3 Å². The number of ether oxygens (including phenoxy) is 1. The number of aromatic nitrogens is 3. The number of rotatable bonds is 9. The Kier molecular flexibility index (Phi) is 7.27. The van der Waals surface area contributed by atoms with Crippen molar-refractivity contribution in [3.63, 3.8) is 0 Å². The predicted molar refractivity (Wildman–Crippen MR) is 123 cm³/mol. The van der Waals surface area contributed by atoms with Gasteiger partial charge in [0.2, 0.25) is 5.91 Å². The lowest BCUT2D eigenvalue weighted by Crippen LogP contribution is -2.48. The molecule has 0 fully saturated rings. The molecule has 0 saturated carbocycles. The molecule has 0 aliphatic rings. The Morgan fingerprint density at radius 2 is 1.58 bits per heavy atom. The van der Waals surface area contributed by atoms with Crippen LogP contribution in [0.2, 0.25) is 0 Å². The van der Waals surface area contributed by atoms with Crippen molar-refractivity contribution >= 4 is 17.6 Å². The number of carbonyl (C=O) groups excluding carboxylic acids is 2. The van der Waals surface area contributed by atoms with Crippen molar-refractivity contribution in [2.75, 3.05) is 6.54 Å². The molecule has 0 aliphatic heterocycles. The van der Waals surface area contributed by atoms with Crippen LogP contribution in [0.1, 0.15) is 17.0 Å². The first-order valence-electron chi connectivity index (χ1n) is 10.8. The Labute approximate surface area is 191 Å². The molecule has 2 aromatic carbocycles. The highest BCUT2D eigenvalue weighted by Crippen LogP contribution is 2.06. The lowest BCUT2D eigenvalue weighted by molar-refractivity contribution is -0.123. The number of carbonyl (C=O) groups is 2. The van der Waals surface area contributed by atoms with Crippen LogP contribution in [-0.4, -0.2) is 39.2 Å². The van der Waals surface area contributed by atoms with Gasteiger partial charge in [0.05, 0.1) is 0 Å². The second-order valence-electron chi connectivity index (χ2n) is 7.53. The molecule has 2 amide bonds. The number of nitrogens with zero attached hydrogens (tertiary/aromatic N) is 3. The van der Waals surface area contributed by atoms with E-state index in [4.69, 9.17) is 4.74 Å². The summed E-state index contributed by atoms with van der Waals surface area (Å²) in [5.41, 5.74) is 2.56. The molecule has 1 unspecified atom stereocenters. The molecular formula is C25H25N5O3. The fourth-order valence-corrected chi connectivity index (χ4v) is 3.45. The summed E-state index contributed by atoms with van der Waals surface area (Å²) in [7, 11) is 0. The largest absolute Gasteiger partial charge is 0.445 e. The van der Waals surface area contributed by atoms with Crippen molar-refractivity contribution in [1.82, 2.24) is 25.2 Å². The molecule has 2 N–H and O–H groups in total. The molecule has 4 aromatic rings. The van der Waals surface area contributed by atoms with E-state index in [0.29, 0.717) is 19.4 Å². The second-order valence-corrected chi connectivity index (χ2v) is 7.53. The SMILES string of the molecule is O=C(NC(Cc1ccccc1)C(=O)NCCc1nnc2ccccn12)OCc1ccccc1. The fraction of sp³-hybridized carbons (Fsp3) is 0.200. The van der Waals surface area contributed by atoms with Gasteiger partial charge in [-0.15, -0.1) is 10.2 Å². The van der Waals surface area contributed by atoms with Gasteiger partial charge < -0.3 is 15.4 Å². The van der Waals surface area contributed by atoms with Gasteiger partial charge in [0.1, 0.15) is 18.5 Å². The van der Waals surface area contributed by atoms with Crippen LogP contribution in [0.25, 0.3) is 5.65 Å². The topological polar surface area (TPSA) is 97.6 Å². The molecule has 0 spiro atoms. The Morgan fingerprint density at radius 3 is 2.33 bits per heavy atom. The number of pyridine rings is 1. The van der Waals surface area contributed by atoms with E-state index in [1.165, 1.54) is 0 Å². The highest BCUT2D eigenvalue weighted by molar-refractivity contribution is 5.85. The summed E-state index contributed by atoms with van der Waals surface area (Å²) in [6.07, 6.45) is 2.10. The van der Waals surface area contributed by atoms with Gasteiger partial charge >= 0.3 is 6.09 Å². The van der Waals surface area contributed by atoms with E-state index in [1.54, 1.807) is 0 Å². The van der Waals surface area contributed by atoms with Crippen LogP contribution in [-0.2, 0) is 29.0 Å². The third-order valence-electron chi connectivity index (χ3n) is 5.14. The van der Waals surface area contributed by atoms with Gasteiger partial charge in [0.15, 0.2) is 5.65 Å². The maximum Gasteiger partial charge on any atom is 0.408 e. The first kappa shape index (κ1) is 22.0. The zero-order chi connectivity index (χ0) is 22.9. The minimum Gasteiger partial charge on any atom is -0.445 e. The quantitative estimate of drug-likeness (QED) is 0.415. The molecule has 8 heteroatoms. The predicted octanol–water partition coefficient (Wildman–Crippen LogP) is 2.93.